The van der Waals surface area contributed by atoms with Gasteiger partial charge in [-0.05, 0) is 25.1 Å². The predicted molar refractivity (Wildman–Crippen MR) is 112 cm³/mol. The van der Waals surface area contributed by atoms with Gasteiger partial charge in [-0.15, -0.1) is 0 Å². The number of hydrogen-bond donors (Lipinski definition) is 1. The van der Waals surface area contributed by atoms with E-state index >= 15 is 0 Å². The predicted octanol–water partition coefficient (Wildman–Crippen LogP) is 3.38. The molecule has 1 N–H and O–H groups in total. The number of furan rings is 1. The van der Waals surface area contributed by atoms with E-state index in [4.69, 9.17) is 14.1 Å². The number of hydrogen-bond acceptors (Lipinski definition) is 5. The number of nitrogens with one attached hydrogen (secondary N) is 1. The van der Waals surface area contributed by atoms with Crippen LogP contribution in [0, 0.1) is 6.92 Å². The Hall–Kier alpha value is -2.96. The Kier molecular flexibility index (Phi) is 6.03. The third-order valence-corrected chi connectivity index (χ3v) is 5.10. The van der Waals surface area contributed by atoms with E-state index in [1.54, 1.807) is 6.26 Å². The summed E-state index contributed by atoms with van der Waals surface area (Å²) < 4.78 is 11.0. The summed E-state index contributed by atoms with van der Waals surface area (Å²) >= 11 is 0. The van der Waals surface area contributed by atoms with Crippen molar-refractivity contribution >= 4 is 5.91 Å². The number of carbonyl (C=O) groups is 1. The zero-order chi connectivity index (χ0) is 20.1. The minimum absolute atomic E-state index is 0.130. The van der Waals surface area contributed by atoms with E-state index in [1.807, 2.05) is 55.5 Å². The fraction of sp³-hybridized carbons (Fsp3) is 0.304. The van der Waals surface area contributed by atoms with E-state index in [0.29, 0.717) is 23.6 Å². The molecule has 1 aromatic carbocycles. The molecule has 0 aliphatic carbocycles. The number of rotatable bonds is 6. The van der Waals surface area contributed by atoms with E-state index in [0.717, 1.165) is 49.7 Å². The minimum Gasteiger partial charge on any atom is -0.464 e. The van der Waals surface area contributed by atoms with Gasteiger partial charge in [0.25, 0.3) is 5.91 Å². The zero-order valence-corrected chi connectivity index (χ0v) is 16.6. The molecular weight excluding hydrogens is 366 g/mol. The normalized spacial score (nSPS) is 14.7. The van der Waals surface area contributed by atoms with Crippen LogP contribution in [0.25, 0.3) is 22.6 Å². The van der Waals surface area contributed by atoms with Gasteiger partial charge >= 0.3 is 0 Å². The average Bonchev–Trinajstić information content (AvgIpc) is 3.29. The molecule has 29 heavy (non-hydrogen) atoms. The van der Waals surface area contributed by atoms with Crippen LogP contribution in [0.4, 0.5) is 0 Å². The third-order valence-electron chi connectivity index (χ3n) is 5.10. The maximum absolute atomic E-state index is 13.0. The van der Waals surface area contributed by atoms with Crippen molar-refractivity contribution in [3.63, 3.8) is 0 Å². The van der Waals surface area contributed by atoms with Crippen LogP contribution in [0.2, 0.25) is 0 Å². The van der Waals surface area contributed by atoms with Crippen molar-refractivity contribution in [3.05, 3.63) is 66.1 Å². The molecule has 1 aliphatic heterocycles. The number of morpholine rings is 1. The first-order valence-corrected chi connectivity index (χ1v) is 9.91. The highest BCUT2D eigenvalue weighted by atomic mass is 16.5. The molecule has 1 saturated heterocycles. The van der Waals surface area contributed by atoms with Gasteiger partial charge in [0.1, 0.15) is 5.76 Å². The number of aryl methyl sites for hydroxylation is 1. The van der Waals surface area contributed by atoms with Crippen molar-refractivity contribution in [2.75, 3.05) is 39.4 Å². The van der Waals surface area contributed by atoms with Crippen LogP contribution in [-0.2, 0) is 4.74 Å². The first-order valence-electron chi connectivity index (χ1n) is 9.91. The second-order valence-electron chi connectivity index (χ2n) is 7.07. The Morgan fingerprint density at radius 3 is 2.66 bits per heavy atom. The van der Waals surface area contributed by atoms with Crippen LogP contribution in [0.15, 0.2) is 59.2 Å². The Bertz CT molecular complexity index is 949. The molecule has 0 spiro atoms. The number of aromatic nitrogens is 1. The van der Waals surface area contributed by atoms with Gasteiger partial charge in [0.2, 0.25) is 0 Å². The molecule has 150 valence electrons. The van der Waals surface area contributed by atoms with Gasteiger partial charge in [0.15, 0.2) is 0 Å². The first kappa shape index (κ1) is 19.4. The summed E-state index contributed by atoms with van der Waals surface area (Å²) in [6.45, 7) is 6.56. The molecule has 6 heteroatoms. The molecule has 3 aromatic rings. The molecule has 0 atom stereocenters. The fourth-order valence-corrected chi connectivity index (χ4v) is 3.58. The van der Waals surface area contributed by atoms with Crippen LogP contribution in [0.3, 0.4) is 0 Å². The number of carbonyl (C=O) groups excluding carboxylic acids is 1. The number of amides is 1. The van der Waals surface area contributed by atoms with E-state index in [1.165, 1.54) is 0 Å². The van der Waals surface area contributed by atoms with Crippen LogP contribution in [0.5, 0.6) is 0 Å². The smallest absolute Gasteiger partial charge is 0.253 e. The summed E-state index contributed by atoms with van der Waals surface area (Å²) in [5, 5.41) is 3.05. The molecule has 1 fully saturated rings. The summed E-state index contributed by atoms with van der Waals surface area (Å²) in [4.78, 5) is 20.0. The van der Waals surface area contributed by atoms with Crippen LogP contribution in [-0.4, -0.2) is 55.2 Å². The molecule has 0 unspecified atom stereocenters. The summed E-state index contributed by atoms with van der Waals surface area (Å²) in [5.74, 6) is 0.528. The van der Waals surface area contributed by atoms with Crippen molar-refractivity contribution in [3.8, 4) is 22.6 Å². The lowest BCUT2D eigenvalue weighted by molar-refractivity contribution is 0.0383. The van der Waals surface area contributed by atoms with Gasteiger partial charge in [0.05, 0.1) is 36.4 Å². The average molecular weight is 391 g/mol. The summed E-state index contributed by atoms with van der Waals surface area (Å²) in [6.07, 6.45) is 1.62. The van der Waals surface area contributed by atoms with Gasteiger partial charge in [-0.2, -0.15) is 0 Å². The maximum Gasteiger partial charge on any atom is 0.253 e. The maximum atomic E-state index is 13.0. The lowest BCUT2D eigenvalue weighted by Crippen LogP contribution is -2.41. The fourth-order valence-electron chi connectivity index (χ4n) is 3.58. The molecule has 0 saturated carbocycles. The molecule has 0 radical (unpaired) electrons. The van der Waals surface area contributed by atoms with E-state index in [9.17, 15) is 4.79 Å². The second-order valence-corrected chi connectivity index (χ2v) is 7.07. The number of benzene rings is 1. The van der Waals surface area contributed by atoms with Gasteiger partial charge in [0, 0.05) is 37.3 Å². The van der Waals surface area contributed by atoms with Crippen molar-refractivity contribution in [1.82, 2.24) is 15.2 Å². The summed E-state index contributed by atoms with van der Waals surface area (Å²) in [7, 11) is 0. The quantitative estimate of drug-likeness (QED) is 0.698. The van der Waals surface area contributed by atoms with Gasteiger partial charge < -0.3 is 14.5 Å². The SMILES string of the molecule is Cc1nc(-c2ccccc2)cc(-c2ccco2)c1C(=O)NCCN1CCOCC1. The standard InChI is InChI=1S/C23H25N3O3/c1-17-22(23(27)24-9-10-26-11-14-28-15-12-26)19(21-8-5-13-29-21)16-20(25-17)18-6-3-2-4-7-18/h2-8,13,16H,9-12,14-15H2,1H3,(H,24,27). The topological polar surface area (TPSA) is 67.6 Å². The minimum atomic E-state index is -0.130. The van der Waals surface area contributed by atoms with Crippen LogP contribution < -0.4 is 5.32 Å². The molecule has 1 amide bonds. The van der Waals surface area contributed by atoms with Crippen molar-refractivity contribution < 1.29 is 13.9 Å². The largest absolute Gasteiger partial charge is 0.464 e. The Morgan fingerprint density at radius 2 is 1.93 bits per heavy atom. The number of pyridine rings is 1. The number of nitrogens with zero attached hydrogens (tertiary/aromatic N) is 2. The van der Waals surface area contributed by atoms with Crippen molar-refractivity contribution in [1.29, 1.82) is 0 Å². The molecule has 3 heterocycles. The Balaban J connectivity index is 1.59. The van der Waals surface area contributed by atoms with Crippen LogP contribution in [0.1, 0.15) is 16.1 Å². The second kappa shape index (κ2) is 9.03. The molecule has 2 aromatic heterocycles. The van der Waals surface area contributed by atoms with E-state index < -0.39 is 0 Å². The molecular formula is C23H25N3O3. The Labute approximate surface area is 170 Å². The van der Waals surface area contributed by atoms with Crippen molar-refractivity contribution in [2.24, 2.45) is 0 Å². The van der Waals surface area contributed by atoms with Crippen molar-refractivity contribution in [2.45, 2.75) is 6.92 Å². The highest BCUT2D eigenvalue weighted by Gasteiger charge is 2.20. The highest BCUT2D eigenvalue weighted by Crippen LogP contribution is 2.30. The zero-order valence-electron chi connectivity index (χ0n) is 16.6. The first-order chi connectivity index (χ1) is 14.2. The molecule has 1 aliphatic rings. The van der Waals surface area contributed by atoms with Crippen LogP contribution >= 0.6 is 0 Å². The highest BCUT2D eigenvalue weighted by molar-refractivity contribution is 6.02. The van der Waals surface area contributed by atoms with Gasteiger partial charge in [-0.25, -0.2) is 0 Å². The summed E-state index contributed by atoms with van der Waals surface area (Å²) in [5.41, 5.74) is 3.82. The third kappa shape index (κ3) is 4.55. The van der Waals surface area contributed by atoms with Gasteiger partial charge in [-0.1, -0.05) is 30.3 Å². The van der Waals surface area contributed by atoms with E-state index in [2.05, 4.69) is 10.2 Å². The van der Waals surface area contributed by atoms with Gasteiger partial charge in [-0.3, -0.25) is 14.7 Å². The lowest BCUT2D eigenvalue weighted by atomic mass is 10.00. The molecule has 4 rings (SSSR count). The lowest BCUT2D eigenvalue weighted by Gasteiger charge is -2.26. The molecule has 6 nitrogen and oxygen atoms in total. The molecule has 0 bridgehead atoms. The Morgan fingerprint density at radius 1 is 1.14 bits per heavy atom. The monoisotopic (exact) mass is 391 g/mol. The number of ether oxygens (including phenoxy) is 1. The van der Waals surface area contributed by atoms with E-state index in [-0.39, 0.29) is 5.91 Å². The summed E-state index contributed by atoms with van der Waals surface area (Å²) in [6, 6.07) is 15.6.